The molecule has 2 aromatic carbocycles. The molecule has 0 bridgehead atoms. The van der Waals surface area contributed by atoms with Crippen LogP contribution in [0.25, 0.3) is 20.7 Å². The van der Waals surface area contributed by atoms with Gasteiger partial charge in [-0.15, -0.1) is 11.3 Å². The summed E-state index contributed by atoms with van der Waals surface area (Å²) in [6.45, 7) is 2.07. The quantitative estimate of drug-likeness (QED) is 0.477. The predicted octanol–water partition coefficient (Wildman–Crippen LogP) is 5.73. The maximum absolute atomic E-state index is 13.1. The molecule has 2 heterocycles. The summed E-state index contributed by atoms with van der Waals surface area (Å²) in [5.74, 6) is -0.0609. The van der Waals surface area contributed by atoms with Gasteiger partial charge >= 0.3 is 0 Å². The number of amides is 1. The average molecular weight is 398 g/mol. The lowest BCUT2D eigenvalue weighted by atomic mass is 10.1. The smallest absolute Gasteiger partial charge is 0.257 e. The molecular formula is C20H15FN2O2S2. The lowest BCUT2D eigenvalue weighted by Crippen LogP contribution is -2.11. The number of thiophene rings is 1. The molecule has 4 nitrogen and oxygen atoms in total. The van der Waals surface area contributed by atoms with Crippen LogP contribution in [0.5, 0.6) is 5.75 Å². The Morgan fingerprint density at radius 3 is 2.52 bits per heavy atom. The number of halogens is 1. The first-order valence-electron chi connectivity index (χ1n) is 8.16. The van der Waals surface area contributed by atoms with Crippen LogP contribution in [0.15, 0.2) is 48.5 Å². The number of aryl methyl sites for hydroxylation is 1. The van der Waals surface area contributed by atoms with E-state index >= 15 is 0 Å². The van der Waals surface area contributed by atoms with Crippen LogP contribution in [0.3, 0.4) is 0 Å². The molecule has 0 saturated carbocycles. The molecule has 1 N–H and O–H groups in total. The van der Waals surface area contributed by atoms with Crippen molar-refractivity contribution >= 4 is 43.9 Å². The van der Waals surface area contributed by atoms with Crippen LogP contribution in [-0.4, -0.2) is 18.0 Å². The number of hydrogen-bond donors (Lipinski definition) is 1. The fourth-order valence-electron chi connectivity index (χ4n) is 2.75. The Kier molecular flexibility index (Phi) is 4.63. The molecule has 0 aliphatic heterocycles. The van der Waals surface area contributed by atoms with Crippen molar-refractivity contribution in [1.82, 2.24) is 4.98 Å². The van der Waals surface area contributed by atoms with Crippen LogP contribution < -0.4 is 10.1 Å². The van der Waals surface area contributed by atoms with Crippen LogP contribution in [0.4, 0.5) is 9.52 Å². The van der Waals surface area contributed by atoms with Gasteiger partial charge in [-0.1, -0.05) is 11.3 Å². The summed E-state index contributed by atoms with van der Waals surface area (Å²) in [5, 5.41) is 3.27. The van der Waals surface area contributed by atoms with E-state index < -0.39 is 0 Å². The maximum Gasteiger partial charge on any atom is 0.257 e. The van der Waals surface area contributed by atoms with E-state index in [-0.39, 0.29) is 11.7 Å². The minimum absolute atomic E-state index is 0.332. The van der Waals surface area contributed by atoms with E-state index in [2.05, 4.69) is 29.4 Å². The molecule has 136 valence electrons. The van der Waals surface area contributed by atoms with Crippen LogP contribution in [0.1, 0.15) is 15.2 Å². The van der Waals surface area contributed by atoms with E-state index in [9.17, 15) is 9.18 Å². The van der Waals surface area contributed by atoms with Crippen LogP contribution in [0, 0.1) is 12.7 Å². The van der Waals surface area contributed by atoms with Crippen LogP contribution in [-0.2, 0) is 0 Å². The Morgan fingerprint density at radius 1 is 1.07 bits per heavy atom. The van der Waals surface area contributed by atoms with Gasteiger partial charge in [-0.05, 0) is 55.5 Å². The maximum atomic E-state index is 13.1. The number of rotatable bonds is 4. The molecule has 0 aliphatic rings. The number of anilines is 1. The first-order chi connectivity index (χ1) is 13.0. The van der Waals surface area contributed by atoms with Crippen molar-refractivity contribution in [2.24, 2.45) is 0 Å². The Morgan fingerprint density at radius 2 is 1.85 bits per heavy atom. The third kappa shape index (κ3) is 3.43. The normalized spacial score (nSPS) is 10.9. The van der Waals surface area contributed by atoms with Crippen molar-refractivity contribution < 1.29 is 13.9 Å². The minimum Gasteiger partial charge on any atom is -0.494 e. The highest BCUT2D eigenvalue weighted by Gasteiger charge is 2.17. The number of nitrogens with zero attached hydrogens (tertiary/aromatic N) is 1. The summed E-state index contributed by atoms with van der Waals surface area (Å²) in [7, 11) is 1.60. The summed E-state index contributed by atoms with van der Waals surface area (Å²) in [4.78, 5) is 19.3. The molecule has 0 unspecified atom stereocenters. The lowest BCUT2D eigenvalue weighted by molar-refractivity contribution is 0.102. The average Bonchev–Trinajstić information content (AvgIpc) is 3.27. The highest BCUT2D eigenvalue weighted by molar-refractivity contribution is 7.23. The van der Waals surface area contributed by atoms with Gasteiger partial charge in [0.05, 0.1) is 11.8 Å². The summed E-state index contributed by atoms with van der Waals surface area (Å²) in [6.07, 6.45) is 0. The number of nitrogens with one attached hydrogen (secondary N) is 1. The standard InChI is InChI=1S/C20H15FN2O2S2/c1-11-3-10-16(26-11)14-8-9-15(25-2)17-18(14)27-20(22-17)23-19(24)12-4-6-13(21)7-5-12/h3-10H,1-2H3,(H,22,23,24). The molecule has 0 atom stereocenters. The SMILES string of the molecule is COc1ccc(-c2ccc(C)s2)c2sc(NC(=O)c3ccc(F)cc3)nc12. The summed E-state index contributed by atoms with van der Waals surface area (Å²) in [5.41, 5.74) is 2.14. The highest BCUT2D eigenvalue weighted by atomic mass is 32.1. The molecule has 2 aromatic heterocycles. The molecule has 4 aromatic rings. The van der Waals surface area contributed by atoms with E-state index in [0.29, 0.717) is 22.0 Å². The van der Waals surface area contributed by atoms with E-state index in [1.807, 2.05) is 12.1 Å². The van der Waals surface area contributed by atoms with Gasteiger partial charge < -0.3 is 4.74 Å². The van der Waals surface area contributed by atoms with Crippen molar-refractivity contribution in [2.75, 3.05) is 12.4 Å². The van der Waals surface area contributed by atoms with Gasteiger partial charge in [0.15, 0.2) is 5.13 Å². The molecule has 0 aliphatic carbocycles. The second kappa shape index (κ2) is 7.09. The molecule has 4 rings (SSSR count). The molecule has 0 spiro atoms. The highest BCUT2D eigenvalue weighted by Crippen LogP contribution is 2.41. The zero-order valence-electron chi connectivity index (χ0n) is 14.6. The molecule has 7 heteroatoms. The fraction of sp³-hybridized carbons (Fsp3) is 0.100. The van der Waals surface area contributed by atoms with Crippen molar-refractivity contribution in [3.05, 3.63) is 64.8 Å². The lowest BCUT2D eigenvalue weighted by Gasteiger charge is -2.04. The molecule has 0 saturated heterocycles. The summed E-state index contributed by atoms with van der Waals surface area (Å²) in [6, 6.07) is 13.5. The Labute approximate surface area is 163 Å². The number of ether oxygens (including phenoxy) is 1. The van der Waals surface area contributed by atoms with Crippen molar-refractivity contribution in [2.45, 2.75) is 6.92 Å². The van der Waals surface area contributed by atoms with E-state index in [0.717, 1.165) is 15.1 Å². The van der Waals surface area contributed by atoms with Crippen molar-refractivity contribution in [3.8, 4) is 16.2 Å². The summed E-state index contributed by atoms with van der Waals surface area (Å²) < 4.78 is 19.4. The molecule has 27 heavy (non-hydrogen) atoms. The zero-order valence-corrected chi connectivity index (χ0v) is 16.2. The Hall–Kier alpha value is -2.77. The monoisotopic (exact) mass is 398 g/mol. The number of carbonyl (C=O) groups excluding carboxylic acids is 1. The van der Waals surface area contributed by atoms with Crippen molar-refractivity contribution in [1.29, 1.82) is 0 Å². The number of aromatic nitrogens is 1. The number of carbonyl (C=O) groups is 1. The van der Waals surface area contributed by atoms with Gasteiger partial charge in [0.2, 0.25) is 0 Å². The topological polar surface area (TPSA) is 51.2 Å². The predicted molar refractivity (Wildman–Crippen MR) is 109 cm³/mol. The minimum atomic E-state index is -0.382. The number of methoxy groups -OCH3 is 1. The molecule has 1 amide bonds. The van der Waals surface area contributed by atoms with Gasteiger partial charge in [-0.25, -0.2) is 9.37 Å². The molecule has 0 fully saturated rings. The van der Waals surface area contributed by atoms with Gasteiger partial charge in [0.25, 0.3) is 5.91 Å². The van der Waals surface area contributed by atoms with E-state index in [4.69, 9.17) is 4.74 Å². The Bertz CT molecular complexity index is 1130. The van der Waals surface area contributed by atoms with Gasteiger partial charge in [-0.2, -0.15) is 0 Å². The number of hydrogen-bond acceptors (Lipinski definition) is 5. The molecule has 0 radical (unpaired) electrons. The fourth-order valence-corrected chi connectivity index (χ4v) is 4.71. The van der Waals surface area contributed by atoms with E-state index in [1.54, 1.807) is 18.4 Å². The number of fused-ring (bicyclic) bond motifs is 1. The number of thiazole rings is 1. The largest absolute Gasteiger partial charge is 0.494 e. The second-order valence-electron chi connectivity index (χ2n) is 5.88. The van der Waals surface area contributed by atoms with Gasteiger partial charge in [0.1, 0.15) is 17.1 Å². The van der Waals surface area contributed by atoms with Gasteiger partial charge in [0, 0.05) is 20.9 Å². The second-order valence-corrected chi connectivity index (χ2v) is 8.17. The van der Waals surface area contributed by atoms with Gasteiger partial charge in [-0.3, -0.25) is 10.1 Å². The van der Waals surface area contributed by atoms with Crippen molar-refractivity contribution in [3.63, 3.8) is 0 Å². The van der Waals surface area contributed by atoms with Crippen LogP contribution >= 0.6 is 22.7 Å². The van der Waals surface area contributed by atoms with E-state index in [1.165, 1.54) is 40.5 Å². The third-order valence-electron chi connectivity index (χ3n) is 4.06. The summed E-state index contributed by atoms with van der Waals surface area (Å²) >= 11 is 3.10. The number of benzene rings is 2. The first-order valence-corrected chi connectivity index (χ1v) is 9.79. The zero-order chi connectivity index (χ0) is 19.0. The first kappa shape index (κ1) is 17.6. The Balaban J connectivity index is 1.74. The third-order valence-corrected chi connectivity index (χ3v) is 6.10. The van der Waals surface area contributed by atoms with Crippen LogP contribution in [0.2, 0.25) is 0 Å². The molecular weight excluding hydrogens is 383 g/mol.